The Kier molecular flexibility index (Phi) is 4.45. The van der Waals surface area contributed by atoms with E-state index >= 15 is 0 Å². The molecule has 2 aliphatic heterocycles. The third-order valence-electron chi connectivity index (χ3n) is 3.44. The molecular weight excluding hydrogens is 308 g/mol. The van der Waals surface area contributed by atoms with E-state index in [9.17, 15) is 18.0 Å². The summed E-state index contributed by atoms with van der Waals surface area (Å²) >= 11 is 1.54. The van der Waals surface area contributed by atoms with Crippen molar-refractivity contribution in [1.29, 1.82) is 0 Å². The zero-order valence-electron chi connectivity index (χ0n) is 10.6. The van der Waals surface area contributed by atoms with E-state index in [1.165, 1.54) is 11.8 Å². The molecule has 10 heteroatoms. The number of carbonyl (C=O) groups is 2. The van der Waals surface area contributed by atoms with Gasteiger partial charge in [0.2, 0.25) is 0 Å². The number of hydrogen-bond donors (Lipinski definition) is 3. The van der Waals surface area contributed by atoms with Gasteiger partial charge < -0.3 is 10.4 Å². The molecule has 2 fully saturated rings. The monoisotopic (exact) mass is 324 g/mol. The van der Waals surface area contributed by atoms with Crippen molar-refractivity contribution in [3.8, 4) is 0 Å². The molecule has 0 aromatic rings. The minimum Gasteiger partial charge on any atom is -0.481 e. The molecular formula is C10H16N2O6S2. The predicted octanol–water partition coefficient (Wildman–Crippen LogP) is 0.312. The molecule has 0 radical (unpaired) electrons. The van der Waals surface area contributed by atoms with Crippen LogP contribution in [-0.2, 0) is 15.1 Å². The van der Waals surface area contributed by atoms with E-state index in [0.717, 1.165) is 0 Å². The number of carboxylic acid groups (broad SMARTS) is 1. The molecule has 0 aromatic heterocycles. The molecule has 2 aliphatic rings. The average Bonchev–Trinajstić information content (AvgIpc) is 2.81. The predicted molar refractivity (Wildman–Crippen MR) is 71.8 cm³/mol. The lowest BCUT2D eigenvalue weighted by Crippen LogP contribution is -2.44. The summed E-state index contributed by atoms with van der Waals surface area (Å²) in [6.45, 7) is 0. The largest absolute Gasteiger partial charge is 0.481 e. The van der Waals surface area contributed by atoms with Gasteiger partial charge in [-0.3, -0.25) is 9.35 Å². The highest BCUT2D eigenvalue weighted by Gasteiger charge is 2.52. The van der Waals surface area contributed by atoms with Gasteiger partial charge in [-0.25, -0.2) is 4.79 Å². The molecule has 2 amide bonds. The van der Waals surface area contributed by atoms with Gasteiger partial charge in [-0.05, 0) is 12.8 Å². The number of carboxylic acids is 1. The van der Waals surface area contributed by atoms with Crippen LogP contribution in [-0.4, -0.2) is 57.5 Å². The lowest BCUT2D eigenvalue weighted by Gasteiger charge is -2.23. The highest BCUT2D eigenvalue weighted by Crippen LogP contribution is 2.38. The molecule has 2 heterocycles. The van der Waals surface area contributed by atoms with Crippen molar-refractivity contribution < 1.29 is 27.7 Å². The SMILES string of the molecule is O=C(O)CCCC[C@@H]1SC[C@@H]2NC(=O)N(S(=O)(=O)O)[C@@H]21. The topological polar surface area (TPSA) is 124 Å². The van der Waals surface area contributed by atoms with E-state index in [0.29, 0.717) is 29.3 Å². The fraction of sp³-hybridized carbons (Fsp3) is 0.800. The summed E-state index contributed by atoms with van der Waals surface area (Å²) in [7, 11) is -4.57. The number of hydrogen-bond acceptors (Lipinski definition) is 5. The van der Waals surface area contributed by atoms with Crippen LogP contribution < -0.4 is 5.32 Å². The van der Waals surface area contributed by atoms with Crippen molar-refractivity contribution in [2.75, 3.05) is 5.75 Å². The van der Waals surface area contributed by atoms with Crippen LogP contribution in [0.1, 0.15) is 25.7 Å². The van der Waals surface area contributed by atoms with Crippen LogP contribution in [0, 0.1) is 0 Å². The van der Waals surface area contributed by atoms with E-state index in [4.69, 9.17) is 9.66 Å². The van der Waals surface area contributed by atoms with E-state index in [1.54, 1.807) is 0 Å². The highest BCUT2D eigenvalue weighted by molar-refractivity contribution is 8.00. The Morgan fingerprint density at radius 1 is 1.45 bits per heavy atom. The minimum absolute atomic E-state index is 0.0741. The molecule has 3 atom stereocenters. The Morgan fingerprint density at radius 2 is 2.15 bits per heavy atom. The number of aliphatic carboxylic acids is 1. The van der Waals surface area contributed by atoms with E-state index in [-0.39, 0.29) is 17.7 Å². The highest BCUT2D eigenvalue weighted by atomic mass is 32.2. The van der Waals surface area contributed by atoms with Gasteiger partial charge in [0, 0.05) is 17.4 Å². The molecule has 0 spiro atoms. The number of carbonyl (C=O) groups excluding carboxylic acids is 1. The maximum atomic E-state index is 11.6. The number of fused-ring (bicyclic) bond motifs is 1. The molecule has 0 bridgehead atoms. The lowest BCUT2D eigenvalue weighted by molar-refractivity contribution is -0.137. The first kappa shape index (κ1) is 15.4. The van der Waals surface area contributed by atoms with Gasteiger partial charge in [-0.15, -0.1) is 0 Å². The van der Waals surface area contributed by atoms with Gasteiger partial charge in [-0.2, -0.15) is 24.5 Å². The summed E-state index contributed by atoms with van der Waals surface area (Å²) in [5.74, 6) is -0.273. The molecule has 8 nitrogen and oxygen atoms in total. The van der Waals surface area contributed by atoms with Crippen LogP contribution >= 0.6 is 11.8 Å². The zero-order valence-corrected chi connectivity index (χ0v) is 12.2. The maximum absolute atomic E-state index is 11.6. The quantitative estimate of drug-likeness (QED) is 0.365. The third kappa shape index (κ3) is 3.18. The Bertz CT molecular complexity index is 508. The summed E-state index contributed by atoms with van der Waals surface area (Å²) in [6.07, 6.45) is 1.84. The Labute approximate surface area is 120 Å². The van der Waals surface area contributed by atoms with E-state index in [1.807, 2.05) is 0 Å². The Balaban J connectivity index is 1.98. The van der Waals surface area contributed by atoms with Crippen molar-refractivity contribution in [3.63, 3.8) is 0 Å². The molecule has 0 aromatic carbocycles. The molecule has 114 valence electrons. The molecule has 20 heavy (non-hydrogen) atoms. The fourth-order valence-electron chi connectivity index (χ4n) is 2.62. The minimum atomic E-state index is -4.57. The normalized spacial score (nSPS) is 29.4. The van der Waals surface area contributed by atoms with Gasteiger partial charge in [0.25, 0.3) is 0 Å². The molecule has 2 rings (SSSR count). The zero-order chi connectivity index (χ0) is 14.9. The molecule has 0 aliphatic carbocycles. The van der Waals surface area contributed by atoms with Gasteiger partial charge in [0.05, 0.1) is 12.1 Å². The van der Waals surface area contributed by atoms with Gasteiger partial charge in [0.15, 0.2) is 0 Å². The van der Waals surface area contributed by atoms with Crippen LogP contribution in [0.15, 0.2) is 0 Å². The number of rotatable bonds is 6. The lowest BCUT2D eigenvalue weighted by atomic mass is 10.0. The average molecular weight is 324 g/mol. The molecule has 0 saturated carbocycles. The second kappa shape index (κ2) is 5.78. The van der Waals surface area contributed by atoms with E-state index < -0.39 is 28.3 Å². The van der Waals surface area contributed by atoms with Crippen LogP contribution in [0.3, 0.4) is 0 Å². The Morgan fingerprint density at radius 3 is 2.75 bits per heavy atom. The fourth-order valence-corrected chi connectivity index (χ4v) is 5.13. The van der Waals surface area contributed by atoms with Gasteiger partial charge in [-0.1, -0.05) is 6.42 Å². The van der Waals surface area contributed by atoms with Crippen molar-refractivity contribution in [3.05, 3.63) is 0 Å². The molecule has 0 unspecified atom stereocenters. The van der Waals surface area contributed by atoms with Crippen molar-refractivity contribution >= 4 is 34.1 Å². The van der Waals surface area contributed by atoms with Crippen LogP contribution in [0.25, 0.3) is 0 Å². The van der Waals surface area contributed by atoms with Crippen molar-refractivity contribution in [2.45, 2.75) is 43.0 Å². The van der Waals surface area contributed by atoms with Gasteiger partial charge >= 0.3 is 22.3 Å². The summed E-state index contributed by atoms with van der Waals surface area (Å²) in [6, 6.07) is -1.68. The van der Waals surface area contributed by atoms with E-state index in [2.05, 4.69) is 5.32 Å². The smallest absolute Gasteiger partial charge is 0.363 e. The number of nitrogens with zero attached hydrogens (tertiary/aromatic N) is 1. The first-order chi connectivity index (χ1) is 9.30. The second-order valence-corrected chi connectivity index (χ2v) is 7.39. The van der Waals surface area contributed by atoms with Crippen LogP contribution in [0.4, 0.5) is 4.79 Å². The van der Waals surface area contributed by atoms with Crippen LogP contribution in [0.5, 0.6) is 0 Å². The summed E-state index contributed by atoms with van der Waals surface area (Å²) < 4.78 is 32.2. The van der Waals surface area contributed by atoms with Crippen molar-refractivity contribution in [1.82, 2.24) is 9.62 Å². The summed E-state index contributed by atoms with van der Waals surface area (Å²) in [5.41, 5.74) is 0. The third-order valence-corrected chi connectivity index (χ3v) is 5.84. The first-order valence-electron chi connectivity index (χ1n) is 6.21. The first-order valence-corrected chi connectivity index (χ1v) is 8.66. The Hall–Kier alpha value is -1.00. The maximum Gasteiger partial charge on any atom is 0.363 e. The number of urea groups is 1. The second-order valence-electron chi connectivity index (χ2n) is 4.83. The summed E-state index contributed by atoms with van der Waals surface area (Å²) in [4.78, 5) is 22.0. The number of thioether (sulfide) groups is 1. The standard InChI is InChI=1S/C10H16N2O6S2/c13-8(14)4-2-1-3-7-9-6(5-19-7)11-10(15)12(9)20(16,17)18/h6-7,9H,1-5H2,(H,11,15)(H,13,14)(H,16,17,18)/t6-,7-,9-/m0/s1. The molecule has 3 N–H and O–H groups in total. The number of amides is 2. The number of unbranched alkanes of at least 4 members (excludes halogenated alkanes) is 1. The van der Waals surface area contributed by atoms with Gasteiger partial charge in [0.1, 0.15) is 0 Å². The van der Waals surface area contributed by atoms with Crippen LogP contribution in [0.2, 0.25) is 0 Å². The molecule has 2 saturated heterocycles. The summed E-state index contributed by atoms with van der Waals surface area (Å²) in [5, 5.41) is 11.0. The van der Waals surface area contributed by atoms with Crippen molar-refractivity contribution in [2.24, 2.45) is 0 Å². The number of nitrogens with one attached hydrogen (secondary N) is 1.